The SMILES string of the molecule is CCc1ccc(C(=O)N2CCN(C(=O)c3oc4c(Cl)cccc4c3C)CC2)cc1. The molecule has 0 radical (unpaired) electrons. The van der Waals surface area contributed by atoms with Crippen LogP contribution in [0.25, 0.3) is 11.0 Å². The summed E-state index contributed by atoms with van der Waals surface area (Å²) in [5, 5.41) is 1.35. The van der Waals surface area contributed by atoms with Gasteiger partial charge >= 0.3 is 0 Å². The van der Waals surface area contributed by atoms with Crippen molar-refractivity contribution in [2.24, 2.45) is 0 Å². The van der Waals surface area contributed by atoms with Gasteiger partial charge in [0, 0.05) is 42.7 Å². The largest absolute Gasteiger partial charge is 0.449 e. The highest BCUT2D eigenvalue weighted by Gasteiger charge is 2.29. The topological polar surface area (TPSA) is 53.8 Å². The van der Waals surface area contributed by atoms with Gasteiger partial charge in [-0.05, 0) is 37.1 Å². The number of amides is 2. The lowest BCUT2D eigenvalue weighted by Gasteiger charge is -2.34. The third-order valence-electron chi connectivity index (χ3n) is 5.57. The zero-order valence-electron chi connectivity index (χ0n) is 16.6. The summed E-state index contributed by atoms with van der Waals surface area (Å²) < 4.78 is 5.81. The van der Waals surface area contributed by atoms with Gasteiger partial charge in [-0.25, -0.2) is 0 Å². The maximum Gasteiger partial charge on any atom is 0.290 e. The summed E-state index contributed by atoms with van der Waals surface area (Å²) in [6.45, 7) is 5.91. The summed E-state index contributed by atoms with van der Waals surface area (Å²) in [5.41, 5.74) is 3.23. The summed E-state index contributed by atoms with van der Waals surface area (Å²) >= 11 is 6.20. The van der Waals surface area contributed by atoms with E-state index in [9.17, 15) is 9.59 Å². The van der Waals surface area contributed by atoms with Crippen molar-refractivity contribution in [3.63, 3.8) is 0 Å². The normalized spacial score (nSPS) is 14.4. The molecule has 1 aliphatic rings. The predicted molar refractivity (Wildman–Crippen MR) is 114 cm³/mol. The van der Waals surface area contributed by atoms with E-state index in [0.29, 0.717) is 48.1 Å². The van der Waals surface area contributed by atoms with Crippen LogP contribution in [0.4, 0.5) is 0 Å². The van der Waals surface area contributed by atoms with E-state index in [1.54, 1.807) is 15.9 Å². The van der Waals surface area contributed by atoms with Crippen molar-refractivity contribution < 1.29 is 14.0 Å². The molecule has 0 N–H and O–H groups in total. The Balaban J connectivity index is 1.45. The molecule has 29 heavy (non-hydrogen) atoms. The third kappa shape index (κ3) is 3.62. The molecule has 1 aliphatic heterocycles. The van der Waals surface area contributed by atoms with Crippen LogP contribution in [-0.4, -0.2) is 47.8 Å². The van der Waals surface area contributed by atoms with Crippen molar-refractivity contribution in [3.05, 3.63) is 69.9 Å². The molecule has 1 fully saturated rings. The fourth-order valence-electron chi connectivity index (χ4n) is 3.73. The molecule has 150 valence electrons. The molecule has 0 saturated carbocycles. The van der Waals surface area contributed by atoms with Gasteiger partial charge in [-0.15, -0.1) is 0 Å². The number of para-hydroxylation sites is 1. The Hall–Kier alpha value is -2.79. The van der Waals surface area contributed by atoms with E-state index in [1.165, 1.54) is 5.56 Å². The third-order valence-corrected chi connectivity index (χ3v) is 5.87. The lowest BCUT2D eigenvalue weighted by Crippen LogP contribution is -2.50. The number of hydrogen-bond donors (Lipinski definition) is 0. The number of carbonyl (C=O) groups excluding carboxylic acids is 2. The molecule has 3 aromatic rings. The van der Waals surface area contributed by atoms with Gasteiger partial charge in [0.05, 0.1) is 5.02 Å². The van der Waals surface area contributed by atoms with E-state index in [-0.39, 0.29) is 11.8 Å². The lowest BCUT2D eigenvalue weighted by molar-refractivity contribution is 0.0519. The smallest absolute Gasteiger partial charge is 0.290 e. The molecule has 6 heteroatoms. The summed E-state index contributed by atoms with van der Waals surface area (Å²) in [7, 11) is 0. The summed E-state index contributed by atoms with van der Waals surface area (Å²) in [6.07, 6.45) is 0.946. The zero-order valence-corrected chi connectivity index (χ0v) is 17.3. The number of aryl methyl sites for hydroxylation is 2. The Kier molecular flexibility index (Phi) is 5.33. The van der Waals surface area contributed by atoms with Gasteiger partial charge in [0.1, 0.15) is 0 Å². The first-order valence-corrected chi connectivity index (χ1v) is 10.2. The van der Waals surface area contributed by atoms with E-state index in [2.05, 4.69) is 6.92 Å². The summed E-state index contributed by atoms with van der Waals surface area (Å²) in [4.78, 5) is 29.3. The molecule has 0 atom stereocenters. The molecule has 2 aromatic carbocycles. The Morgan fingerprint density at radius 3 is 2.17 bits per heavy atom. The lowest BCUT2D eigenvalue weighted by atomic mass is 10.1. The van der Waals surface area contributed by atoms with Gasteiger partial charge in [0.2, 0.25) is 0 Å². The van der Waals surface area contributed by atoms with Gasteiger partial charge in [-0.1, -0.05) is 42.8 Å². The van der Waals surface area contributed by atoms with Crippen molar-refractivity contribution in [1.29, 1.82) is 0 Å². The van der Waals surface area contributed by atoms with Crippen LogP contribution in [-0.2, 0) is 6.42 Å². The predicted octanol–water partition coefficient (Wildman–Crippen LogP) is 4.56. The van der Waals surface area contributed by atoms with Gasteiger partial charge in [-0.3, -0.25) is 9.59 Å². The number of piperazine rings is 1. The number of halogens is 1. The highest BCUT2D eigenvalue weighted by Crippen LogP contribution is 2.31. The number of rotatable bonds is 3. The van der Waals surface area contributed by atoms with Crippen LogP contribution < -0.4 is 0 Å². The standard InChI is InChI=1S/C23H23ClN2O3/c1-3-16-7-9-17(10-8-16)22(27)25-11-13-26(14-12-25)23(28)20-15(2)18-5-4-6-19(24)21(18)29-20/h4-10H,3,11-14H2,1-2H3. The molecule has 1 saturated heterocycles. The van der Waals surface area contributed by atoms with Crippen LogP contribution >= 0.6 is 11.6 Å². The second kappa shape index (κ2) is 7.91. The second-order valence-electron chi connectivity index (χ2n) is 7.31. The first kappa shape index (κ1) is 19.5. The van der Waals surface area contributed by atoms with E-state index in [0.717, 1.165) is 17.4 Å². The highest BCUT2D eigenvalue weighted by atomic mass is 35.5. The fourth-order valence-corrected chi connectivity index (χ4v) is 3.95. The van der Waals surface area contributed by atoms with Gasteiger partial charge in [0.25, 0.3) is 11.8 Å². The van der Waals surface area contributed by atoms with Crippen molar-refractivity contribution in [1.82, 2.24) is 9.80 Å². The second-order valence-corrected chi connectivity index (χ2v) is 7.71. The number of carbonyl (C=O) groups is 2. The molecule has 0 aliphatic carbocycles. The van der Waals surface area contributed by atoms with Crippen LogP contribution in [0.1, 0.15) is 39.0 Å². The van der Waals surface area contributed by atoms with Crippen LogP contribution in [0.3, 0.4) is 0 Å². The molecular weight excluding hydrogens is 388 g/mol. The van der Waals surface area contributed by atoms with Crippen molar-refractivity contribution in [2.75, 3.05) is 26.2 Å². The first-order chi connectivity index (χ1) is 14.0. The molecule has 4 rings (SSSR count). The molecular formula is C23H23ClN2O3. The van der Waals surface area contributed by atoms with Crippen molar-refractivity contribution in [2.45, 2.75) is 20.3 Å². The van der Waals surface area contributed by atoms with Crippen LogP contribution in [0, 0.1) is 6.92 Å². The summed E-state index contributed by atoms with van der Waals surface area (Å²) in [5.74, 6) is 0.170. The summed E-state index contributed by atoms with van der Waals surface area (Å²) in [6, 6.07) is 13.2. The molecule has 0 spiro atoms. The van der Waals surface area contributed by atoms with E-state index in [1.807, 2.05) is 43.3 Å². The van der Waals surface area contributed by atoms with Crippen molar-refractivity contribution in [3.8, 4) is 0 Å². The van der Waals surface area contributed by atoms with E-state index >= 15 is 0 Å². The molecule has 2 heterocycles. The molecule has 2 amide bonds. The minimum absolute atomic E-state index is 0.00597. The van der Waals surface area contributed by atoms with Gasteiger partial charge in [-0.2, -0.15) is 0 Å². The molecule has 0 bridgehead atoms. The molecule has 0 unspecified atom stereocenters. The number of nitrogens with zero attached hydrogens (tertiary/aromatic N) is 2. The first-order valence-electron chi connectivity index (χ1n) is 9.84. The Labute approximate surface area is 174 Å². The zero-order chi connectivity index (χ0) is 20.5. The molecule has 1 aromatic heterocycles. The minimum atomic E-state index is -0.158. The van der Waals surface area contributed by atoms with E-state index in [4.69, 9.17) is 16.0 Å². The Morgan fingerprint density at radius 1 is 0.966 bits per heavy atom. The number of hydrogen-bond acceptors (Lipinski definition) is 3. The fraction of sp³-hybridized carbons (Fsp3) is 0.304. The van der Waals surface area contributed by atoms with Gasteiger partial charge < -0.3 is 14.2 Å². The Morgan fingerprint density at radius 2 is 1.59 bits per heavy atom. The maximum atomic E-state index is 13.0. The van der Waals surface area contributed by atoms with Crippen molar-refractivity contribution >= 4 is 34.4 Å². The average molecular weight is 411 g/mol. The monoisotopic (exact) mass is 410 g/mol. The average Bonchev–Trinajstić information content (AvgIpc) is 3.11. The highest BCUT2D eigenvalue weighted by molar-refractivity contribution is 6.35. The maximum absolute atomic E-state index is 13.0. The van der Waals surface area contributed by atoms with Crippen LogP contribution in [0.15, 0.2) is 46.9 Å². The van der Waals surface area contributed by atoms with E-state index < -0.39 is 0 Å². The number of benzene rings is 2. The van der Waals surface area contributed by atoms with Gasteiger partial charge in [0.15, 0.2) is 11.3 Å². The Bertz CT molecular complexity index is 1060. The van der Waals surface area contributed by atoms with Crippen LogP contribution in [0.5, 0.6) is 0 Å². The molecule has 5 nitrogen and oxygen atoms in total. The number of furan rings is 1. The quantitative estimate of drug-likeness (QED) is 0.636. The minimum Gasteiger partial charge on any atom is -0.449 e. The number of fused-ring (bicyclic) bond motifs is 1. The van der Waals surface area contributed by atoms with Crippen LogP contribution in [0.2, 0.25) is 5.02 Å².